The Hall–Kier alpha value is -1.79. The maximum Gasteiger partial charge on any atom is 0.446 e. The molecule has 0 bridgehead atoms. The van der Waals surface area contributed by atoms with Crippen LogP contribution >= 0.6 is 23.7 Å². The van der Waals surface area contributed by atoms with E-state index in [-0.39, 0.29) is 33.9 Å². The molecule has 0 atom stereocenters. The second kappa shape index (κ2) is 7.19. The van der Waals surface area contributed by atoms with Gasteiger partial charge in [0.2, 0.25) is 0 Å². The molecule has 1 fully saturated rings. The van der Waals surface area contributed by atoms with E-state index in [1.54, 1.807) is 6.07 Å². The summed E-state index contributed by atoms with van der Waals surface area (Å²) in [6.45, 7) is 0. The van der Waals surface area contributed by atoms with E-state index >= 15 is 0 Å². The molecule has 122 valence electrons. The lowest BCUT2D eigenvalue weighted by atomic mass is 10.2. The van der Waals surface area contributed by atoms with Gasteiger partial charge >= 0.3 is 5.51 Å². The summed E-state index contributed by atoms with van der Waals surface area (Å²) in [5.74, 6) is -1.06. The molecule has 1 aliphatic carbocycles. The van der Waals surface area contributed by atoms with Crippen molar-refractivity contribution in [2.24, 2.45) is 5.92 Å². The van der Waals surface area contributed by atoms with E-state index in [2.05, 4.69) is 4.72 Å². The molecule has 1 saturated carbocycles. The highest BCUT2D eigenvalue weighted by molar-refractivity contribution is 8.00. The van der Waals surface area contributed by atoms with E-state index in [1.807, 2.05) is 0 Å². The summed E-state index contributed by atoms with van der Waals surface area (Å²) in [5.41, 5.74) is -4.68. The second-order valence-corrected chi connectivity index (χ2v) is 6.72. The number of amides is 1. The molecule has 0 saturated heterocycles. The maximum absolute atomic E-state index is 12.2. The Morgan fingerprint density at radius 3 is 2.30 bits per heavy atom. The Labute approximate surface area is 138 Å². The number of carbonyl (C=O) groups excluding carboxylic acids is 1. The van der Waals surface area contributed by atoms with Crippen LogP contribution in [0.4, 0.5) is 13.2 Å². The summed E-state index contributed by atoms with van der Waals surface area (Å²) in [7, 11) is 0. The van der Waals surface area contributed by atoms with Crippen LogP contribution in [0.2, 0.25) is 0 Å². The highest BCUT2D eigenvalue weighted by Crippen LogP contribution is 2.38. The van der Waals surface area contributed by atoms with Gasteiger partial charge in [-0.1, -0.05) is 0 Å². The Morgan fingerprint density at radius 2 is 1.83 bits per heavy atom. The number of rotatable bonds is 5. The molecule has 0 aliphatic heterocycles. The van der Waals surface area contributed by atoms with E-state index in [4.69, 9.17) is 5.26 Å². The smallest absolute Gasteiger partial charge is 0.446 e. The Morgan fingerprint density at radius 1 is 1.26 bits per heavy atom. The number of nitrogens with zero attached hydrogens (tertiary/aromatic N) is 1. The summed E-state index contributed by atoms with van der Waals surface area (Å²) < 4.78 is 39.0. The van der Waals surface area contributed by atoms with Crippen molar-refractivity contribution in [2.45, 2.75) is 28.1 Å². The first-order valence-corrected chi connectivity index (χ1v) is 8.09. The van der Waals surface area contributed by atoms with Crippen molar-refractivity contribution >= 4 is 29.6 Å². The molecule has 0 spiro atoms. The summed E-state index contributed by atoms with van der Waals surface area (Å²) in [6, 6.07) is 7.10. The van der Waals surface area contributed by atoms with Gasteiger partial charge in [0.15, 0.2) is 5.57 Å². The third-order valence-electron chi connectivity index (χ3n) is 2.88. The molecule has 1 aromatic carbocycles. The van der Waals surface area contributed by atoms with E-state index in [1.165, 1.54) is 24.3 Å². The van der Waals surface area contributed by atoms with Gasteiger partial charge in [0.05, 0.1) is 0 Å². The molecule has 2 rings (SSSR count). The highest BCUT2D eigenvalue weighted by Gasteiger charge is 2.31. The predicted octanol–water partition coefficient (Wildman–Crippen LogP) is 4.17. The number of carbonyl (C=O) groups is 1. The molecular formula is C14H11F3N2O2S2. The van der Waals surface area contributed by atoms with Crippen LogP contribution in [-0.2, 0) is 4.79 Å². The second-order valence-electron chi connectivity index (χ2n) is 4.70. The van der Waals surface area contributed by atoms with E-state index in [0.717, 1.165) is 24.8 Å². The number of nitrogens with one attached hydrogen (secondary N) is 1. The number of aliphatic hydroxyl groups excluding tert-OH is 1. The van der Waals surface area contributed by atoms with Crippen LogP contribution in [0.15, 0.2) is 45.4 Å². The predicted molar refractivity (Wildman–Crippen MR) is 80.3 cm³/mol. The van der Waals surface area contributed by atoms with E-state index in [9.17, 15) is 23.1 Å². The third-order valence-corrected chi connectivity index (χ3v) is 4.41. The van der Waals surface area contributed by atoms with Crippen LogP contribution in [0.1, 0.15) is 12.8 Å². The van der Waals surface area contributed by atoms with Crippen LogP contribution in [0, 0.1) is 17.2 Å². The number of aliphatic hydroxyl groups is 1. The number of benzene rings is 1. The zero-order chi connectivity index (χ0) is 17.0. The average molecular weight is 360 g/mol. The van der Waals surface area contributed by atoms with Crippen molar-refractivity contribution in [1.29, 1.82) is 5.26 Å². The summed E-state index contributed by atoms with van der Waals surface area (Å²) >= 11 is 0.638. The number of allylic oxidation sites excluding steroid dienone is 1. The molecule has 2 N–H and O–H groups in total. The zero-order valence-corrected chi connectivity index (χ0v) is 13.2. The van der Waals surface area contributed by atoms with Gasteiger partial charge in [0.1, 0.15) is 11.8 Å². The molecule has 9 heteroatoms. The maximum atomic E-state index is 12.2. The number of halogens is 3. The monoisotopic (exact) mass is 360 g/mol. The van der Waals surface area contributed by atoms with Crippen LogP contribution in [-0.4, -0.2) is 16.5 Å². The first-order chi connectivity index (χ1) is 10.8. The van der Waals surface area contributed by atoms with Gasteiger partial charge in [-0.05, 0) is 60.8 Å². The number of thioether (sulfide) groups is 1. The number of nitriles is 1. The van der Waals surface area contributed by atoms with Crippen molar-refractivity contribution in [3.05, 3.63) is 35.6 Å². The quantitative estimate of drug-likeness (QED) is 0.271. The van der Waals surface area contributed by atoms with Gasteiger partial charge in [-0.25, -0.2) is 0 Å². The molecule has 0 aromatic heterocycles. The van der Waals surface area contributed by atoms with Crippen molar-refractivity contribution in [3.8, 4) is 6.07 Å². The minimum Gasteiger partial charge on any atom is -0.510 e. The van der Waals surface area contributed by atoms with Gasteiger partial charge in [-0.2, -0.15) is 18.4 Å². The standard InChI is InChI=1S/C14H11F3N2O2S2/c15-14(16,17)22-9-3-5-10(6-4-9)23-19-13(21)11(7-18)12(20)8-1-2-8/h3-6,8,20H,1-2H2,(H,19,21). The normalized spacial score (nSPS) is 15.6. The van der Waals surface area contributed by atoms with Crippen molar-refractivity contribution in [1.82, 2.24) is 4.72 Å². The SMILES string of the molecule is N#CC(C(=O)NSc1ccc(SC(F)(F)F)cc1)=C(O)C1CC1. The zero-order valence-electron chi connectivity index (χ0n) is 11.6. The Bertz CT molecular complexity index is 662. The molecule has 1 aliphatic rings. The molecule has 1 amide bonds. The van der Waals surface area contributed by atoms with Crippen LogP contribution in [0.3, 0.4) is 0 Å². The lowest BCUT2D eigenvalue weighted by molar-refractivity contribution is -0.115. The minimum absolute atomic E-state index is 0.0390. The fourth-order valence-electron chi connectivity index (χ4n) is 1.65. The van der Waals surface area contributed by atoms with Crippen LogP contribution in [0.25, 0.3) is 0 Å². The number of hydrogen-bond donors (Lipinski definition) is 2. The first kappa shape index (κ1) is 17.6. The average Bonchev–Trinajstić information content (AvgIpc) is 3.30. The molecule has 4 nitrogen and oxygen atoms in total. The molecule has 23 heavy (non-hydrogen) atoms. The lowest BCUT2D eigenvalue weighted by Gasteiger charge is -2.07. The van der Waals surface area contributed by atoms with Crippen LogP contribution in [0.5, 0.6) is 0 Å². The summed E-state index contributed by atoms with van der Waals surface area (Å²) in [5, 5.41) is 18.7. The van der Waals surface area contributed by atoms with Gasteiger partial charge in [-0.3, -0.25) is 9.52 Å². The van der Waals surface area contributed by atoms with Gasteiger partial charge in [0, 0.05) is 15.7 Å². The fourth-order valence-corrected chi connectivity index (χ4v) is 2.78. The fraction of sp³-hybridized carbons (Fsp3) is 0.286. The molecule has 1 aromatic rings. The number of alkyl halides is 3. The van der Waals surface area contributed by atoms with E-state index < -0.39 is 11.4 Å². The van der Waals surface area contributed by atoms with Gasteiger partial charge < -0.3 is 5.11 Å². The van der Waals surface area contributed by atoms with Crippen molar-refractivity contribution in [3.63, 3.8) is 0 Å². The van der Waals surface area contributed by atoms with Gasteiger partial charge in [0.25, 0.3) is 5.91 Å². The molecular weight excluding hydrogens is 349 g/mol. The molecule has 0 unspecified atom stereocenters. The van der Waals surface area contributed by atoms with Crippen molar-refractivity contribution in [2.75, 3.05) is 0 Å². The van der Waals surface area contributed by atoms with E-state index in [0.29, 0.717) is 4.90 Å². The molecule has 0 radical (unpaired) electrons. The summed E-state index contributed by atoms with van der Waals surface area (Å²) in [4.78, 5) is 12.4. The molecule has 0 heterocycles. The largest absolute Gasteiger partial charge is 0.510 e. The van der Waals surface area contributed by atoms with Crippen molar-refractivity contribution < 1.29 is 23.1 Å². The minimum atomic E-state index is -4.35. The highest BCUT2D eigenvalue weighted by atomic mass is 32.2. The third kappa shape index (κ3) is 5.41. The number of hydrogen-bond acceptors (Lipinski definition) is 5. The Balaban J connectivity index is 1.94. The van der Waals surface area contributed by atoms with Gasteiger partial charge in [-0.15, -0.1) is 0 Å². The van der Waals surface area contributed by atoms with Crippen LogP contribution < -0.4 is 4.72 Å². The topological polar surface area (TPSA) is 73.1 Å². The Kier molecular flexibility index (Phi) is 5.49. The lowest BCUT2D eigenvalue weighted by Crippen LogP contribution is -2.19. The first-order valence-electron chi connectivity index (χ1n) is 6.46. The summed E-state index contributed by atoms with van der Waals surface area (Å²) in [6.07, 6.45) is 1.49.